The maximum atomic E-state index is 13.1. The average Bonchev–Trinajstić information content (AvgIpc) is 2.54. The van der Waals surface area contributed by atoms with E-state index in [4.69, 9.17) is 21.1 Å². The summed E-state index contributed by atoms with van der Waals surface area (Å²) in [5.41, 5.74) is 0. The van der Waals surface area contributed by atoms with Gasteiger partial charge in [-0.15, -0.1) is 0 Å². The first kappa shape index (κ1) is 17.0. The molecule has 0 radical (unpaired) electrons. The lowest BCUT2D eigenvalue weighted by molar-refractivity contribution is -0.138. The van der Waals surface area contributed by atoms with E-state index in [1.807, 2.05) is 11.8 Å². The molecule has 1 fully saturated rings. The van der Waals surface area contributed by atoms with E-state index in [1.54, 1.807) is 0 Å². The van der Waals surface area contributed by atoms with Crippen LogP contribution >= 0.6 is 11.6 Å². The molecule has 1 aliphatic rings. The molecule has 22 heavy (non-hydrogen) atoms. The number of rotatable bonds is 6. The van der Waals surface area contributed by atoms with Crippen molar-refractivity contribution in [3.8, 4) is 5.75 Å². The zero-order valence-electron chi connectivity index (χ0n) is 12.7. The van der Waals surface area contributed by atoms with Crippen LogP contribution in [0.15, 0.2) is 18.2 Å². The summed E-state index contributed by atoms with van der Waals surface area (Å²) in [6.07, 6.45) is 3.06. The molecule has 6 heteroatoms. The highest BCUT2D eigenvalue weighted by atomic mass is 35.5. The van der Waals surface area contributed by atoms with Gasteiger partial charge in [0.15, 0.2) is 6.61 Å². The fraction of sp³-hybridized carbons (Fsp3) is 0.562. The van der Waals surface area contributed by atoms with E-state index in [2.05, 4.69) is 0 Å². The van der Waals surface area contributed by atoms with Crippen molar-refractivity contribution in [2.24, 2.45) is 0 Å². The molecule has 0 N–H and O–H groups in total. The molecule has 1 heterocycles. The van der Waals surface area contributed by atoms with Crippen LogP contribution in [0.5, 0.6) is 5.75 Å². The molecule has 122 valence electrons. The smallest absolute Gasteiger partial charge is 0.260 e. The van der Waals surface area contributed by atoms with Crippen LogP contribution in [0.25, 0.3) is 0 Å². The molecule has 0 spiro atoms. The number of hydrogen-bond acceptors (Lipinski definition) is 3. The Kier molecular flexibility index (Phi) is 6.46. The van der Waals surface area contributed by atoms with Gasteiger partial charge in [0, 0.05) is 19.2 Å². The van der Waals surface area contributed by atoms with Crippen molar-refractivity contribution in [3.05, 3.63) is 29.0 Å². The second kappa shape index (κ2) is 8.34. The van der Waals surface area contributed by atoms with Crippen molar-refractivity contribution >= 4 is 17.5 Å². The van der Waals surface area contributed by atoms with Gasteiger partial charge in [-0.25, -0.2) is 4.39 Å². The molecule has 2 rings (SSSR count). The normalized spacial score (nSPS) is 18.3. The van der Waals surface area contributed by atoms with E-state index in [1.165, 1.54) is 18.2 Å². The number of benzene rings is 1. The first-order valence-electron chi connectivity index (χ1n) is 7.57. The lowest BCUT2D eigenvalue weighted by Gasteiger charge is -2.35. The van der Waals surface area contributed by atoms with Crippen LogP contribution in [0, 0.1) is 5.82 Å². The molecule has 1 saturated heterocycles. The Bertz CT molecular complexity index is 512. The molecule has 1 unspecified atom stereocenters. The number of piperidine rings is 1. The van der Waals surface area contributed by atoms with Crippen LogP contribution in [-0.4, -0.2) is 43.2 Å². The number of hydrogen-bond donors (Lipinski definition) is 0. The molecule has 0 bridgehead atoms. The summed E-state index contributed by atoms with van der Waals surface area (Å²) in [6.45, 7) is 3.79. The average molecular weight is 330 g/mol. The van der Waals surface area contributed by atoms with E-state index >= 15 is 0 Å². The number of likely N-dealkylation sites (tertiary alicyclic amines) is 1. The van der Waals surface area contributed by atoms with Gasteiger partial charge < -0.3 is 14.4 Å². The molecule has 0 saturated carbocycles. The zero-order valence-corrected chi connectivity index (χ0v) is 13.4. The van der Waals surface area contributed by atoms with Gasteiger partial charge in [-0.2, -0.15) is 0 Å². The second-order valence-corrected chi connectivity index (χ2v) is 5.67. The van der Waals surface area contributed by atoms with Crippen molar-refractivity contribution in [2.75, 3.05) is 26.4 Å². The number of ether oxygens (including phenoxy) is 2. The largest absolute Gasteiger partial charge is 0.484 e. The van der Waals surface area contributed by atoms with Gasteiger partial charge in [0.1, 0.15) is 11.6 Å². The van der Waals surface area contributed by atoms with Crippen molar-refractivity contribution in [3.63, 3.8) is 0 Å². The lowest BCUT2D eigenvalue weighted by Crippen LogP contribution is -2.47. The first-order valence-corrected chi connectivity index (χ1v) is 7.94. The third-order valence-corrected chi connectivity index (χ3v) is 4.00. The maximum Gasteiger partial charge on any atom is 0.260 e. The molecular formula is C16H21ClFNO3. The highest BCUT2D eigenvalue weighted by Gasteiger charge is 2.26. The Labute approximate surface area is 135 Å². The molecule has 0 aliphatic carbocycles. The molecule has 1 amide bonds. The molecule has 1 aromatic carbocycles. The predicted octanol–water partition coefficient (Wildman–Crippen LogP) is 3.28. The third kappa shape index (κ3) is 4.58. The molecule has 1 aromatic rings. The SMILES string of the molecule is CCOCC1CCCCN1C(=O)COc1ccc(F)c(Cl)c1. The topological polar surface area (TPSA) is 38.8 Å². The summed E-state index contributed by atoms with van der Waals surface area (Å²) in [5.74, 6) is -0.198. The Morgan fingerprint density at radius 3 is 3.00 bits per heavy atom. The minimum absolute atomic E-state index is 0.0165. The molecule has 1 atom stereocenters. The number of nitrogens with zero attached hydrogens (tertiary/aromatic N) is 1. The minimum atomic E-state index is -0.506. The van der Waals surface area contributed by atoms with E-state index in [-0.39, 0.29) is 23.6 Å². The summed E-state index contributed by atoms with van der Waals surface area (Å²) in [6, 6.07) is 4.17. The van der Waals surface area contributed by atoms with Gasteiger partial charge in [-0.3, -0.25) is 4.79 Å². The summed E-state index contributed by atoms with van der Waals surface area (Å²) in [4.78, 5) is 14.2. The van der Waals surface area contributed by atoms with Crippen molar-refractivity contribution < 1.29 is 18.7 Å². The van der Waals surface area contributed by atoms with Gasteiger partial charge in [-0.1, -0.05) is 11.6 Å². The number of carbonyl (C=O) groups is 1. The standard InChI is InChI=1S/C16H21ClFNO3/c1-2-21-10-12-5-3-4-8-19(12)16(20)11-22-13-6-7-15(18)14(17)9-13/h6-7,9,12H,2-5,8,10-11H2,1H3. The van der Waals surface area contributed by atoms with Crippen LogP contribution < -0.4 is 4.74 Å². The first-order chi connectivity index (χ1) is 10.6. The van der Waals surface area contributed by atoms with Crippen LogP contribution in [0.4, 0.5) is 4.39 Å². The van der Waals surface area contributed by atoms with Crippen LogP contribution in [0.1, 0.15) is 26.2 Å². The van der Waals surface area contributed by atoms with Gasteiger partial charge in [0.25, 0.3) is 5.91 Å². The summed E-state index contributed by atoms with van der Waals surface area (Å²) >= 11 is 5.69. The van der Waals surface area contributed by atoms with Crippen molar-refractivity contribution in [1.82, 2.24) is 4.90 Å². The van der Waals surface area contributed by atoms with E-state index < -0.39 is 5.82 Å². The van der Waals surface area contributed by atoms with E-state index in [9.17, 15) is 9.18 Å². The highest BCUT2D eigenvalue weighted by Crippen LogP contribution is 2.22. The second-order valence-electron chi connectivity index (χ2n) is 5.26. The Morgan fingerprint density at radius 1 is 1.45 bits per heavy atom. The van der Waals surface area contributed by atoms with Crippen LogP contribution in [0.2, 0.25) is 5.02 Å². The third-order valence-electron chi connectivity index (χ3n) is 3.72. The Morgan fingerprint density at radius 2 is 2.27 bits per heavy atom. The predicted molar refractivity (Wildman–Crippen MR) is 82.8 cm³/mol. The van der Waals surface area contributed by atoms with Gasteiger partial charge in [-0.05, 0) is 38.3 Å². The minimum Gasteiger partial charge on any atom is -0.484 e. The number of halogens is 2. The van der Waals surface area contributed by atoms with Crippen LogP contribution in [0.3, 0.4) is 0 Å². The van der Waals surface area contributed by atoms with E-state index in [0.717, 1.165) is 25.8 Å². The molecule has 0 aromatic heterocycles. The Balaban J connectivity index is 1.90. The quantitative estimate of drug-likeness (QED) is 0.804. The zero-order chi connectivity index (χ0) is 15.9. The maximum absolute atomic E-state index is 13.1. The summed E-state index contributed by atoms with van der Waals surface area (Å²) in [5, 5.41) is -0.0165. The fourth-order valence-corrected chi connectivity index (χ4v) is 2.72. The molecule has 4 nitrogen and oxygen atoms in total. The summed E-state index contributed by atoms with van der Waals surface area (Å²) < 4.78 is 24.0. The Hall–Kier alpha value is -1.33. The van der Waals surface area contributed by atoms with Crippen LogP contribution in [-0.2, 0) is 9.53 Å². The van der Waals surface area contributed by atoms with Gasteiger partial charge in [0.05, 0.1) is 17.7 Å². The van der Waals surface area contributed by atoms with Gasteiger partial charge in [0.2, 0.25) is 0 Å². The fourth-order valence-electron chi connectivity index (χ4n) is 2.55. The van der Waals surface area contributed by atoms with Gasteiger partial charge >= 0.3 is 0 Å². The highest BCUT2D eigenvalue weighted by molar-refractivity contribution is 6.30. The molecule has 1 aliphatic heterocycles. The van der Waals surface area contributed by atoms with Crippen molar-refractivity contribution in [1.29, 1.82) is 0 Å². The van der Waals surface area contributed by atoms with Crippen molar-refractivity contribution in [2.45, 2.75) is 32.2 Å². The lowest BCUT2D eigenvalue weighted by atomic mass is 10.0. The number of carbonyl (C=O) groups excluding carboxylic acids is 1. The van der Waals surface area contributed by atoms with E-state index in [0.29, 0.717) is 19.0 Å². The summed E-state index contributed by atoms with van der Waals surface area (Å²) in [7, 11) is 0. The number of amides is 1. The molecular weight excluding hydrogens is 309 g/mol. The monoisotopic (exact) mass is 329 g/mol.